The summed E-state index contributed by atoms with van der Waals surface area (Å²) < 4.78 is 13.2. The Kier molecular flexibility index (Phi) is 5.06. The maximum absolute atomic E-state index is 13.2. The summed E-state index contributed by atoms with van der Waals surface area (Å²) >= 11 is 5.75. The van der Waals surface area contributed by atoms with Crippen LogP contribution in [0.15, 0.2) is 18.2 Å². The number of hydrogen-bond acceptors (Lipinski definition) is 3. The van der Waals surface area contributed by atoms with Crippen molar-refractivity contribution in [2.24, 2.45) is 5.73 Å². The molecule has 0 spiro atoms. The number of carboxylic acids is 1. The van der Waals surface area contributed by atoms with Gasteiger partial charge in [-0.1, -0.05) is 23.7 Å². The molecule has 1 aromatic carbocycles. The Labute approximate surface area is 108 Å². The van der Waals surface area contributed by atoms with E-state index in [1.54, 1.807) is 6.07 Å². The van der Waals surface area contributed by atoms with Gasteiger partial charge in [0.05, 0.1) is 18.1 Å². The lowest BCUT2D eigenvalue weighted by Crippen LogP contribution is -2.36. The number of amides is 1. The standard InChI is InChI=1S/C11H12ClFN2O3/c12-11-7(2-1-3-8(11)13)4-15(5-9(14)16)6-10(17)18/h1-3H,4-6H2,(H2,14,16)(H,17,18). The Morgan fingerprint density at radius 1 is 1.39 bits per heavy atom. The van der Waals surface area contributed by atoms with Crippen LogP contribution in [0.25, 0.3) is 0 Å². The third kappa shape index (κ3) is 4.31. The summed E-state index contributed by atoms with van der Waals surface area (Å²) in [4.78, 5) is 22.7. The van der Waals surface area contributed by atoms with Crippen LogP contribution in [0.2, 0.25) is 5.02 Å². The second kappa shape index (κ2) is 6.32. The average molecular weight is 275 g/mol. The largest absolute Gasteiger partial charge is 0.480 e. The van der Waals surface area contributed by atoms with Gasteiger partial charge in [0.1, 0.15) is 5.82 Å². The predicted octanol–water partition coefficient (Wildman–Crippen LogP) is 0.851. The summed E-state index contributed by atoms with van der Waals surface area (Å²) in [6.45, 7) is -0.583. The first-order valence-corrected chi connectivity index (χ1v) is 5.43. The van der Waals surface area contributed by atoms with Crippen LogP contribution in [0.1, 0.15) is 5.56 Å². The minimum absolute atomic E-state index is 0.0336. The lowest BCUT2D eigenvalue weighted by molar-refractivity contribution is -0.138. The number of nitrogens with two attached hydrogens (primary N) is 1. The summed E-state index contributed by atoms with van der Waals surface area (Å²) in [5.74, 6) is -2.36. The van der Waals surface area contributed by atoms with Gasteiger partial charge in [-0.25, -0.2) is 4.39 Å². The van der Waals surface area contributed by atoms with Gasteiger partial charge < -0.3 is 10.8 Å². The number of rotatable bonds is 6. The van der Waals surface area contributed by atoms with Gasteiger partial charge in [-0.05, 0) is 11.6 Å². The highest BCUT2D eigenvalue weighted by molar-refractivity contribution is 6.31. The zero-order chi connectivity index (χ0) is 13.7. The first-order valence-electron chi connectivity index (χ1n) is 5.05. The summed E-state index contributed by atoms with van der Waals surface area (Å²) in [6.07, 6.45) is 0. The van der Waals surface area contributed by atoms with Gasteiger partial charge in [-0.2, -0.15) is 0 Å². The monoisotopic (exact) mass is 274 g/mol. The maximum atomic E-state index is 13.2. The highest BCUT2D eigenvalue weighted by Crippen LogP contribution is 2.20. The number of nitrogens with zero attached hydrogens (tertiary/aromatic N) is 1. The summed E-state index contributed by atoms with van der Waals surface area (Å²) in [7, 11) is 0. The van der Waals surface area contributed by atoms with Crippen molar-refractivity contribution in [1.29, 1.82) is 0 Å². The maximum Gasteiger partial charge on any atom is 0.317 e. The molecule has 0 saturated carbocycles. The zero-order valence-corrected chi connectivity index (χ0v) is 10.2. The number of halogens is 2. The van der Waals surface area contributed by atoms with Gasteiger partial charge in [-0.15, -0.1) is 0 Å². The Morgan fingerprint density at radius 2 is 2.06 bits per heavy atom. The molecule has 0 fully saturated rings. The number of carboxylic acid groups (broad SMARTS) is 1. The molecule has 0 aliphatic carbocycles. The van der Waals surface area contributed by atoms with Crippen LogP contribution in [-0.2, 0) is 16.1 Å². The number of primary amides is 1. The second-order valence-corrected chi connectivity index (χ2v) is 4.10. The van der Waals surface area contributed by atoms with Crippen molar-refractivity contribution >= 4 is 23.5 Å². The molecule has 18 heavy (non-hydrogen) atoms. The molecule has 0 heterocycles. The van der Waals surface area contributed by atoms with Crippen molar-refractivity contribution in [3.8, 4) is 0 Å². The first-order chi connectivity index (χ1) is 8.40. The van der Waals surface area contributed by atoms with Crippen LogP contribution < -0.4 is 5.73 Å². The molecule has 0 radical (unpaired) electrons. The fraction of sp³-hybridized carbons (Fsp3) is 0.273. The van der Waals surface area contributed by atoms with Crippen LogP contribution in [0.4, 0.5) is 4.39 Å². The molecule has 98 valence electrons. The molecule has 0 bridgehead atoms. The van der Waals surface area contributed by atoms with Crippen LogP contribution in [0.3, 0.4) is 0 Å². The Balaban J connectivity index is 2.84. The quantitative estimate of drug-likeness (QED) is 0.805. The molecule has 7 heteroatoms. The molecule has 1 amide bonds. The second-order valence-electron chi connectivity index (χ2n) is 3.72. The first kappa shape index (κ1) is 14.4. The van der Waals surface area contributed by atoms with E-state index in [-0.39, 0.29) is 24.7 Å². The number of carbonyl (C=O) groups excluding carboxylic acids is 1. The van der Waals surface area contributed by atoms with E-state index in [0.717, 1.165) is 0 Å². The zero-order valence-electron chi connectivity index (χ0n) is 9.40. The van der Waals surface area contributed by atoms with E-state index < -0.39 is 17.7 Å². The molecule has 1 rings (SSSR count). The number of benzene rings is 1. The summed E-state index contributed by atoms with van der Waals surface area (Å²) in [5.41, 5.74) is 5.41. The van der Waals surface area contributed by atoms with Crippen LogP contribution in [0.5, 0.6) is 0 Å². The molecular formula is C11H12ClFN2O3. The third-order valence-electron chi connectivity index (χ3n) is 2.16. The highest BCUT2D eigenvalue weighted by atomic mass is 35.5. The molecular weight excluding hydrogens is 263 g/mol. The highest BCUT2D eigenvalue weighted by Gasteiger charge is 2.15. The Bertz CT molecular complexity index is 452. The van der Waals surface area contributed by atoms with Gasteiger partial charge in [0.2, 0.25) is 5.91 Å². The van der Waals surface area contributed by atoms with Crippen LogP contribution in [0, 0.1) is 5.82 Å². The molecule has 5 nitrogen and oxygen atoms in total. The van der Waals surface area contributed by atoms with Crippen molar-refractivity contribution in [2.45, 2.75) is 6.54 Å². The minimum Gasteiger partial charge on any atom is -0.480 e. The fourth-order valence-corrected chi connectivity index (χ4v) is 1.68. The molecule has 1 aromatic rings. The van der Waals surface area contributed by atoms with Crippen molar-refractivity contribution in [1.82, 2.24) is 4.90 Å². The van der Waals surface area contributed by atoms with E-state index in [9.17, 15) is 14.0 Å². The van der Waals surface area contributed by atoms with Crippen LogP contribution >= 0.6 is 11.6 Å². The minimum atomic E-state index is -1.11. The number of hydrogen-bond donors (Lipinski definition) is 2. The molecule has 0 aliphatic heterocycles. The topological polar surface area (TPSA) is 83.6 Å². The molecule has 3 N–H and O–H groups in total. The SMILES string of the molecule is NC(=O)CN(CC(=O)O)Cc1cccc(F)c1Cl. The van der Waals surface area contributed by atoms with E-state index in [4.69, 9.17) is 22.4 Å². The predicted molar refractivity (Wildman–Crippen MR) is 63.5 cm³/mol. The van der Waals surface area contributed by atoms with E-state index in [1.165, 1.54) is 17.0 Å². The number of carbonyl (C=O) groups is 2. The lowest BCUT2D eigenvalue weighted by Gasteiger charge is -2.19. The smallest absolute Gasteiger partial charge is 0.317 e. The van der Waals surface area contributed by atoms with Crippen molar-refractivity contribution in [3.63, 3.8) is 0 Å². The van der Waals surface area contributed by atoms with Gasteiger partial charge in [0, 0.05) is 6.54 Å². The van der Waals surface area contributed by atoms with E-state index >= 15 is 0 Å². The van der Waals surface area contributed by atoms with Crippen molar-refractivity contribution < 1.29 is 19.1 Å². The van der Waals surface area contributed by atoms with Crippen molar-refractivity contribution in [2.75, 3.05) is 13.1 Å². The Morgan fingerprint density at radius 3 is 2.61 bits per heavy atom. The van der Waals surface area contributed by atoms with E-state index in [0.29, 0.717) is 5.56 Å². The van der Waals surface area contributed by atoms with Gasteiger partial charge >= 0.3 is 5.97 Å². The van der Waals surface area contributed by atoms with E-state index in [1.807, 2.05) is 0 Å². The lowest BCUT2D eigenvalue weighted by atomic mass is 10.2. The normalized spacial score (nSPS) is 10.6. The molecule has 0 aromatic heterocycles. The summed E-state index contributed by atoms with van der Waals surface area (Å²) in [5, 5.41) is 8.61. The fourth-order valence-electron chi connectivity index (χ4n) is 1.49. The molecule has 0 saturated heterocycles. The van der Waals surface area contributed by atoms with Crippen molar-refractivity contribution in [3.05, 3.63) is 34.6 Å². The van der Waals surface area contributed by atoms with Crippen LogP contribution in [-0.4, -0.2) is 35.0 Å². The van der Waals surface area contributed by atoms with E-state index in [2.05, 4.69) is 0 Å². The molecule has 0 aliphatic rings. The third-order valence-corrected chi connectivity index (χ3v) is 2.59. The Hall–Kier alpha value is -1.66. The van der Waals surface area contributed by atoms with Gasteiger partial charge in [0.25, 0.3) is 0 Å². The average Bonchev–Trinajstić information content (AvgIpc) is 2.23. The number of aliphatic carboxylic acids is 1. The van der Waals surface area contributed by atoms with Gasteiger partial charge in [-0.3, -0.25) is 14.5 Å². The summed E-state index contributed by atoms with van der Waals surface area (Å²) in [6, 6.07) is 4.21. The van der Waals surface area contributed by atoms with Gasteiger partial charge in [0.15, 0.2) is 0 Å². The molecule has 0 unspecified atom stereocenters. The molecule has 0 atom stereocenters.